The Kier molecular flexibility index (Phi) is 28.6. The predicted octanol–water partition coefficient (Wildman–Crippen LogP) is 6.07. The Morgan fingerprint density at radius 1 is 0.674 bits per heavy atom. The second kappa shape index (κ2) is 36.4. The lowest BCUT2D eigenvalue weighted by atomic mass is 9.44. The van der Waals surface area contributed by atoms with Gasteiger partial charge in [-0.05, 0) is 77.7 Å². The SMILES string of the molecule is CC(=O)O[C@@]12COC1C[C@H](O)[C@@]1(C)C(=O)[C@H](OC(=O)CCOCCOCCOCCOCCOCCOCCOCCOCCSSc3ccccn3)C3=C(C)C(OC(=O)[C@H](O)C(NC(=O)c4ccccc4)c4ccccc4)C[C@@](O)([C@@H](OC(=O)c4ccccc4)[C@@H]12)C3(C)C. The minimum absolute atomic E-state index is 0.0422. The Morgan fingerprint density at radius 3 is 1.71 bits per heavy atom. The van der Waals surface area contributed by atoms with Crippen molar-refractivity contribution in [3.05, 3.63) is 143 Å². The Morgan fingerprint density at radius 2 is 1.19 bits per heavy atom. The molecule has 1 amide bonds. The van der Waals surface area contributed by atoms with Crippen LogP contribution in [-0.2, 0) is 80.8 Å². The molecule has 3 aromatic carbocycles. The van der Waals surface area contributed by atoms with Crippen molar-refractivity contribution in [2.75, 3.05) is 118 Å². The number of rotatable bonds is 39. The number of pyridine rings is 1. The van der Waals surface area contributed by atoms with E-state index in [1.165, 1.54) is 26.0 Å². The Labute approximate surface area is 561 Å². The number of Topliss-reactive ketones (excluding diaryl/α,β-unsaturated/α-hetero) is 1. The van der Waals surface area contributed by atoms with Crippen LogP contribution in [0.1, 0.15) is 86.2 Å². The third kappa shape index (κ3) is 19.1. The number of ketones is 1. The number of hydrogen-bond acceptors (Lipinski definition) is 25. The molecule has 1 aliphatic heterocycles. The summed E-state index contributed by atoms with van der Waals surface area (Å²) < 4.78 is 76.0. The number of carbonyl (C=O) groups excluding carboxylic acids is 6. The maximum Gasteiger partial charge on any atom is 0.338 e. The van der Waals surface area contributed by atoms with E-state index in [4.69, 9.17) is 61.6 Å². The number of nitrogens with zero attached hydrogens (tertiary/aromatic N) is 1. The molecule has 1 aromatic heterocycles. The zero-order valence-electron chi connectivity index (χ0n) is 54.3. The van der Waals surface area contributed by atoms with Gasteiger partial charge in [-0.25, -0.2) is 14.6 Å². The largest absolute Gasteiger partial charge is 0.456 e. The molecule has 26 heteroatoms. The molecule has 0 radical (unpaired) electrons. The minimum Gasteiger partial charge on any atom is -0.456 e. The van der Waals surface area contributed by atoms with Crippen LogP contribution in [0.25, 0.3) is 0 Å². The first-order valence-corrected chi connectivity index (χ1v) is 34.2. The third-order valence-corrected chi connectivity index (χ3v) is 19.8. The third-order valence-electron chi connectivity index (χ3n) is 17.6. The maximum atomic E-state index is 16.1. The lowest BCUT2D eigenvalue weighted by Gasteiger charge is -2.67. The van der Waals surface area contributed by atoms with Gasteiger partial charge in [-0.15, -0.1) is 0 Å². The summed E-state index contributed by atoms with van der Waals surface area (Å²) in [5, 5.41) is 42.2. The number of aliphatic hydroxyl groups is 3. The lowest BCUT2D eigenvalue weighted by molar-refractivity contribution is -0.346. The van der Waals surface area contributed by atoms with Gasteiger partial charge in [0.1, 0.15) is 28.9 Å². The maximum absolute atomic E-state index is 16.1. The highest BCUT2D eigenvalue weighted by Gasteiger charge is 2.78. The monoisotopic (exact) mass is 1360 g/mol. The van der Waals surface area contributed by atoms with Crippen molar-refractivity contribution in [2.45, 2.75) is 113 Å². The molecule has 0 spiro atoms. The number of carbonyl (C=O) groups is 6. The fourth-order valence-corrected chi connectivity index (χ4v) is 14.3. The molecule has 1 saturated heterocycles. The van der Waals surface area contributed by atoms with E-state index in [0.717, 1.165) is 17.7 Å². The van der Waals surface area contributed by atoms with Gasteiger partial charge in [0.25, 0.3) is 5.91 Å². The molecule has 95 heavy (non-hydrogen) atoms. The van der Waals surface area contributed by atoms with Crippen molar-refractivity contribution in [1.29, 1.82) is 0 Å². The quantitative estimate of drug-likeness (QED) is 0.0129. The van der Waals surface area contributed by atoms with E-state index in [2.05, 4.69) is 10.3 Å². The summed E-state index contributed by atoms with van der Waals surface area (Å²) in [6, 6.07) is 28.7. The fourth-order valence-electron chi connectivity index (χ4n) is 12.6. The molecule has 2 saturated carbocycles. The van der Waals surface area contributed by atoms with Crippen LogP contribution in [0, 0.1) is 16.7 Å². The summed E-state index contributed by atoms with van der Waals surface area (Å²) in [7, 11) is 3.32. The Bertz CT molecular complexity index is 3140. The topological polar surface area (TPSA) is 308 Å². The van der Waals surface area contributed by atoms with Crippen LogP contribution < -0.4 is 5.32 Å². The van der Waals surface area contributed by atoms with Gasteiger partial charge in [0.15, 0.2) is 23.6 Å². The highest BCUT2D eigenvalue weighted by Crippen LogP contribution is 2.64. The van der Waals surface area contributed by atoms with Crippen molar-refractivity contribution in [3.8, 4) is 0 Å². The van der Waals surface area contributed by atoms with E-state index in [9.17, 15) is 39.3 Å². The predicted molar refractivity (Wildman–Crippen MR) is 346 cm³/mol. The van der Waals surface area contributed by atoms with Gasteiger partial charge in [0.05, 0.1) is 148 Å². The number of fused-ring (bicyclic) bond motifs is 5. The average molecular weight is 1360 g/mol. The normalized spacial score (nSPS) is 24.9. The number of amides is 1. The summed E-state index contributed by atoms with van der Waals surface area (Å²) in [5.41, 5.74) is -7.56. The number of hydrogen-bond donors (Lipinski definition) is 4. The van der Waals surface area contributed by atoms with Crippen LogP contribution in [0.15, 0.2) is 132 Å². The Balaban J connectivity index is 0.851. The van der Waals surface area contributed by atoms with E-state index in [-0.39, 0.29) is 68.3 Å². The molecule has 3 unspecified atom stereocenters. The number of esters is 4. The molecule has 4 N–H and O–H groups in total. The number of benzene rings is 3. The fraction of sp³-hybridized carbons (Fsp3) is 0.551. The first-order chi connectivity index (χ1) is 45.8. The summed E-state index contributed by atoms with van der Waals surface area (Å²) in [4.78, 5) is 90.9. The van der Waals surface area contributed by atoms with Gasteiger partial charge in [0, 0.05) is 42.7 Å². The van der Waals surface area contributed by atoms with Crippen molar-refractivity contribution in [3.63, 3.8) is 0 Å². The van der Waals surface area contributed by atoms with E-state index < -0.39 is 119 Å². The molecular weight excluding hydrogens is 1270 g/mol. The smallest absolute Gasteiger partial charge is 0.338 e. The van der Waals surface area contributed by atoms with Crippen molar-refractivity contribution >= 4 is 57.2 Å². The molecule has 2 heterocycles. The number of aliphatic hydroxyl groups excluding tert-OH is 2. The molecule has 4 aliphatic rings. The highest BCUT2D eigenvalue weighted by atomic mass is 33.1. The second-order valence-corrected chi connectivity index (χ2v) is 26.4. The molecule has 11 atom stereocenters. The van der Waals surface area contributed by atoms with E-state index in [1.54, 1.807) is 120 Å². The average Bonchev–Trinajstić information content (AvgIpc) is 0.670. The van der Waals surface area contributed by atoms with Gasteiger partial charge in [-0.1, -0.05) is 97.4 Å². The van der Waals surface area contributed by atoms with Crippen molar-refractivity contribution in [1.82, 2.24) is 10.3 Å². The molecule has 24 nitrogen and oxygen atoms in total. The molecular formula is C69H88N2O22S2. The summed E-state index contributed by atoms with van der Waals surface area (Å²) >= 11 is 0. The molecule has 3 aliphatic carbocycles. The van der Waals surface area contributed by atoms with Gasteiger partial charge in [0.2, 0.25) is 0 Å². The van der Waals surface area contributed by atoms with E-state index in [0.29, 0.717) is 78.2 Å². The summed E-state index contributed by atoms with van der Waals surface area (Å²) in [5.74, 6) is -6.27. The van der Waals surface area contributed by atoms with Crippen LogP contribution >= 0.6 is 21.6 Å². The first kappa shape index (κ1) is 74.6. The molecule has 4 aromatic rings. The van der Waals surface area contributed by atoms with Gasteiger partial charge in [-0.3, -0.25) is 19.2 Å². The number of aromatic nitrogens is 1. The van der Waals surface area contributed by atoms with Crippen LogP contribution in [0.3, 0.4) is 0 Å². The second-order valence-electron chi connectivity index (χ2n) is 24.0. The molecule has 3 fully saturated rings. The van der Waals surface area contributed by atoms with Crippen LogP contribution in [0.4, 0.5) is 0 Å². The van der Waals surface area contributed by atoms with Gasteiger partial charge >= 0.3 is 23.9 Å². The zero-order valence-corrected chi connectivity index (χ0v) is 55.9. The molecule has 8 rings (SSSR count). The van der Waals surface area contributed by atoms with Crippen LogP contribution in [0.5, 0.6) is 0 Å². The summed E-state index contributed by atoms with van der Waals surface area (Å²) in [6.45, 7) is 12.3. The Hall–Kier alpha value is -6.21. The van der Waals surface area contributed by atoms with Gasteiger partial charge in [-0.2, -0.15) is 0 Å². The van der Waals surface area contributed by atoms with E-state index in [1.807, 2.05) is 18.2 Å². The van der Waals surface area contributed by atoms with Crippen molar-refractivity contribution in [2.24, 2.45) is 16.7 Å². The zero-order chi connectivity index (χ0) is 67.9. The van der Waals surface area contributed by atoms with Crippen LogP contribution in [0.2, 0.25) is 0 Å². The highest BCUT2D eigenvalue weighted by molar-refractivity contribution is 8.76. The minimum atomic E-state index is -2.48. The molecule has 518 valence electrons. The number of nitrogens with one attached hydrogen (secondary N) is 1. The summed E-state index contributed by atoms with van der Waals surface area (Å²) in [6.07, 6.45) is -9.70. The van der Waals surface area contributed by atoms with Gasteiger partial charge < -0.3 is 82.2 Å². The first-order valence-electron chi connectivity index (χ1n) is 31.9. The standard InChI is InChI=1S/C69H88N2O22S2/c1-46-51(90-65(79)58(75)57(48-17-9-6-10-18-48)71-63(77)49-19-11-7-12-20-49)44-69(80)62(92-64(78)50-21-13-8-14-22-50)60-67(5,52(73)43-53-68(60,45-89-53)93-47(2)72)61(76)59(56(46)66(69,3)4)91-55(74)24-26-81-27-28-82-29-30-83-31-32-84-33-34-85-35-36-86-37-38-87-39-40-88-41-42-94-95-54-23-15-16-25-70-54/h6-23,25,51-53,57-60,62,73,75,80H,24,26-45H2,1-5H3,(H,71,77)/t51?,52-,53?,57?,58+,59+,60-,62-,67+,68-,69+/m0/s1. The van der Waals surface area contributed by atoms with Crippen LogP contribution in [-0.4, -0.2) is 222 Å². The van der Waals surface area contributed by atoms with Crippen molar-refractivity contribution < 1.29 is 106 Å². The number of ether oxygens (including phenoxy) is 13. The lowest BCUT2D eigenvalue weighted by Crippen LogP contribution is -2.82. The molecule has 2 bridgehead atoms. The van der Waals surface area contributed by atoms with E-state index >= 15 is 4.79 Å².